The lowest BCUT2D eigenvalue weighted by Crippen LogP contribution is -2.39. The topological polar surface area (TPSA) is 0 Å². The van der Waals surface area contributed by atoms with E-state index in [1.807, 2.05) is 0 Å². The molecule has 6 aliphatic rings. The third kappa shape index (κ3) is 4.04. The lowest BCUT2D eigenvalue weighted by atomic mass is 9.64. The summed E-state index contributed by atoms with van der Waals surface area (Å²) in [6.45, 7) is 0. The largest absolute Gasteiger partial charge is 0.392 e. The first-order chi connectivity index (χ1) is 11.1. The summed E-state index contributed by atoms with van der Waals surface area (Å²) in [5.41, 5.74) is 0. The van der Waals surface area contributed by atoms with E-state index in [9.17, 15) is 26.3 Å². The summed E-state index contributed by atoms with van der Waals surface area (Å²) in [6.07, 6.45) is -3.41. The van der Waals surface area contributed by atoms with Crippen molar-refractivity contribution in [2.24, 2.45) is 35.5 Å². The Morgan fingerprint density at radius 3 is 1.08 bits per heavy atom. The molecule has 0 radical (unpaired) electrons. The van der Waals surface area contributed by atoms with Crippen molar-refractivity contribution < 1.29 is 26.3 Å². The van der Waals surface area contributed by atoms with Gasteiger partial charge in [-0.2, -0.15) is 26.3 Å². The maximum atomic E-state index is 13.4. The van der Waals surface area contributed by atoms with Gasteiger partial charge in [0, 0.05) is 0 Å². The average molecular weight is 356 g/mol. The molecule has 0 spiro atoms. The van der Waals surface area contributed by atoms with Crippen molar-refractivity contribution in [1.82, 2.24) is 0 Å². The maximum absolute atomic E-state index is 13.4. The van der Waals surface area contributed by atoms with Crippen LogP contribution in [-0.4, -0.2) is 12.4 Å². The Morgan fingerprint density at radius 1 is 0.458 bits per heavy atom. The van der Waals surface area contributed by atoms with Gasteiger partial charge in [0.05, 0.1) is 11.8 Å². The molecule has 6 atom stereocenters. The smallest absolute Gasteiger partial charge is 0.171 e. The normalized spacial score (nSPS) is 41.8. The summed E-state index contributed by atoms with van der Waals surface area (Å²) in [5, 5.41) is 0. The molecule has 6 fully saturated rings. The van der Waals surface area contributed by atoms with E-state index >= 15 is 0 Å². The molecule has 6 heteroatoms. The predicted molar refractivity (Wildman–Crippen MR) is 79.2 cm³/mol. The van der Waals surface area contributed by atoms with Gasteiger partial charge >= 0.3 is 12.4 Å². The van der Waals surface area contributed by atoms with Crippen molar-refractivity contribution in [2.45, 2.75) is 76.6 Å². The first kappa shape index (κ1) is 18.4. The SMILES string of the molecule is FC(F)(F)C1CC2CCC3CCC(CCC1CC2)C(C(F)(F)F)C3. The third-order valence-corrected chi connectivity index (χ3v) is 6.94. The minimum atomic E-state index is -4.21. The monoisotopic (exact) mass is 356 g/mol. The van der Waals surface area contributed by atoms with Crippen molar-refractivity contribution in [3.63, 3.8) is 0 Å². The van der Waals surface area contributed by atoms with Crippen LogP contribution in [0.2, 0.25) is 0 Å². The van der Waals surface area contributed by atoms with Crippen molar-refractivity contribution in [3.8, 4) is 0 Å². The highest BCUT2D eigenvalue weighted by molar-refractivity contribution is 4.90. The fourth-order valence-electron chi connectivity index (χ4n) is 5.56. The Morgan fingerprint density at radius 2 is 0.750 bits per heavy atom. The fourth-order valence-corrected chi connectivity index (χ4v) is 5.56. The van der Waals surface area contributed by atoms with Gasteiger partial charge in [-0.3, -0.25) is 0 Å². The summed E-state index contributed by atoms with van der Waals surface area (Å²) in [4.78, 5) is 0. The first-order valence-electron chi connectivity index (χ1n) is 9.28. The van der Waals surface area contributed by atoms with Crippen LogP contribution >= 0.6 is 0 Å². The van der Waals surface area contributed by atoms with Crippen molar-refractivity contribution in [2.75, 3.05) is 0 Å². The fraction of sp³-hybridized carbons (Fsp3) is 1.00. The Hall–Kier alpha value is -0.420. The molecule has 0 N–H and O–H groups in total. The van der Waals surface area contributed by atoms with Gasteiger partial charge in [-0.1, -0.05) is 25.7 Å². The van der Waals surface area contributed by atoms with E-state index in [0.717, 1.165) is 12.8 Å². The average Bonchev–Trinajstić information content (AvgIpc) is 2.47. The second-order valence-corrected chi connectivity index (χ2v) is 8.33. The van der Waals surface area contributed by atoms with E-state index in [4.69, 9.17) is 0 Å². The number of halogens is 6. The Balaban J connectivity index is 1.80. The van der Waals surface area contributed by atoms with Crippen LogP contribution in [0.5, 0.6) is 0 Å². The molecule has 6 aliphatic carbocycles. The number of rotatable bonds is 0. The van der Waals surface area contributed by atoms with Crippen LogP contribution < -0.4 is 0 Å². The van der Waals surface area contributed by atoms with Gasteiger partial charge in [0.15, 0.2) is 0 Å². The highest BCUT2D eigenvalue weighted by Gasteiger charge is 2.50. The van der Waals surface area contributed by atoms with Crippen molar-refractivity contribution in [1.29, 1.82) is 0 Å². The Bertz CT molecular complexity index is 386. The van der Waals surface area contributed by atoms with E-state index in [1.165, 1.54) is 0 Å². The Labute approximate surface area is 139 Å². The van der Waals surface area contributed by atoms with Crippen LogP contribution in [0.1, 0.15) is 64.2 Å². The molecular weight excluding hydrogens is 330 g/mol. The van der Waals surface area contributed by atoms with Gasteiger partial charge in [-0.25, -0.2) is 0 Å². The van der Waals surface area contributed by atoms with Gasteiger partial charge in [-0.15, -0.1) is 0 Å². The zero-order valence-corrected chi connectivity index (χ0v) is 13.8. The van der Waals surface area contributed by atoms with E-state index < -0.39 is 36.0 Å². The summed E-state index contributed by atoms with van der Waals surface area (Å²) >= 11 is 0. The van der Waals surface area contributed by atoms with Gasteiger partial charge in [0.25, 0.3) is 0 Å². The number of hydrogen-bond donors (Lipinski definition) is 0. The molecule has 0 heterocycles. The van der Waals surface area contributed by atoms with Gasteiger partial charge in [0.1, 0.15) is 0 Å². The zero-order chi connectivity index (χ0) is 17.5. The number of alkyl halides is 6. The van der Waals surface area contributed by atoms with Crippen molar-refractivity contribution in [3.05, 3.63) is 0 Å². The molecule has 0 aromatic rings. The Kier molecular flexibility index (Phi) is 5.14. The molecule has 24 heavy (non-hydrogen) atoms. The van der Waals surface area contributed by atoms with Gasteiger partial charge in [-0.05, 0) is 62.2 Å². The molecule has 0 aliphatic heterocycles. The third-order valence-electron chi connectivity index (χ3n) is 6.94. The van der Waals surface area contributed by atoms with E-state index in [0.29, 0.717) is 38.5 Å². The summed E-state index contributed by atoms with van der Waals surface area (Å²) in [7, 11) is 0. The maximum Gasteiger partial charge on any atom is 0.392 e. The van der Waals surface area contributed by atoms with E-state index in [1.54, 1.807) is 0 Å². The standard InChI is InChI=1S/C18H26F6/c19-17(20,21)15-9-11-1-2-12-4-6-14(8-7-13(15)5-3-11)16(10-12)18(22,23)24/h11-16H,1-10H2. The number of hydrogen-bond acceptors (Lipinski definition) is 0. The van der Waals surface area contributed by atoms with Crippen LogP contribution in [0.4, 0.5) is 26.3 Å². The molecule has 4 bridgehead atoms. The van der Waals surface area contributed by atoms with Crippen LogP contribution in [0.3, 0.4) is 0 Å². The molecule has 140 valence electrons. The van der Waals surface area contributed by atoms with Crippen LogP contribution in [0, 0.1) is 35.5 Å². The van der Waals surface area contributed by atoms with Crippen LogP contribution in [0.25, 0.3) is 0 Å². The quantitative estimate of drug-likeness (QED) is 0.421. The lowest BCUT2D eigenvalue weighted by Gasteiger charge is -2.42. The molecule has 0 aromatic carbocycles. The molecular formula is C18H26F6. The molecule has 6 rings (SSSR count). The first-order valence-corrected chi connectivity index (χ1v) is 9.28. The second-order valence-electron chi connectivity index (χ2n) is 8.33. The minimum absolute atomic E-state index is 0.0364. The van der Waals surface area contributed by atoms with E-state index in [-0.39, 0.29) is 24.7 Å². The predicted octanol–water partition coefficient (Wildman–Crippen LogP) is 6.75. The summed E-state index contributed by atoms with van der Waals surface area (Å²) < 4.78 is 80.4. The molecule has 6 saturated carbocycles. The molecule has 0 amide bonds. The molecule has 0 nitrogen and oxygen atoms in total. The lowest BCUT2D eigenvalue weighted by molar-refractivity contribution is -0.211. The second kappa shape index (κ2) is 6.71. The zero-order valence-electron chi connectivity index (χ0n) is 13.8. The minimum Gasteiger partial charge on any atom is -0.171 e. The van der Waals surface area contributed by atoms with Crippen LogP contribution in [0.15, 0.2) is 0 Å². The highest BCUT2D eigenvalue weighted by atomic mass is 19.4. The highest BCUT2D eigenvalue weighted by Crippen LogP contribution is 2.52. The van der Waals surface area contributed by atoms with Crippen LogP contribution in [-0.2, 0) is 0 Å². The summed E-state index contributed by atoms with van der Waals surface area (Å²) in [5.74, 6) is -3.50. The molecule has 0 aromatic heterocycles. The van der Waals surface area contributed by atoms with Gasteiger partial charge in [0.2, 0.25) is 0 Å². The van der Waals surface area contributed by atoms with Gasteiger partial charge < -0.3 is 0 Å². The summed E-state index contributed by atoms with van der Waals surface area (Å²) in [6, 6.07) is 0. The van der Waals surface area contributed by atoms with Crippen molar-refractivity contribution >= 4 is 0 Å². The molecule has 6 unspecified atom stereocenters. The molecule has 0 saturated heterocycles. The van der Waals surface area contributed by atoms with E-state index in [2.05, 4.69) is 0 Å².